The Morgan fingerprint density at radius 2 is 1.77 bits per heavy atom. The van der Waals surface area contributed by atoms with Crippen molar-refractivity contribution in [3.63, 3.8) is 0 Å². The lowest BCUT2D eigenvalue weighted by Gasteiger charge is -2.16. The van der Waals surface area contributed by atoms with Gasteiger partial charge in [-0.3, -0.25) is 10.1 Å². The summed E-state index contributed by atoms with van der Waals surface area (Å²) in [7, 11) is 4.53. The predicted octanol–water partition coefficient (Wildman–Crippen LogP) is 3.40. The molecule has 2 N–H and O–H groups in total. The molecule has 3 rings (SSSR count). The molecule has 2 aromatic carbocycles. The summed E-state index contributed by atoms with van der Waals surface area (Å²) >= 11 is 0. The first-order chi connectivity index (χ1) is 15.0. The number of guanidine groups is 1. The Labute approximate surface area is 182 Å². The molecule has 1 unspecified atom stereocenters. The zero-order chi connectivity index (χ0) is 22.2. The van der Waals surface area contributed by atoms with Crippen LogP contribution in [0.5, 0.6) is 17.2 Å². The van der Waals surface area contributed by atoms with Crippen molar-refractivity contribution in [2.45, 2.75) is 25.9 Å². The van der Waals surface area contributed by atoms with E-state index in [0.717, 1.165) is 30.7 Å². The molecule has 0 saturated carbocycles. The minimum absolute atomic E-state index is 0.0629. The van der Waals surface area contributed by atoms with E-state index >= 15 is 0 Å². The van der Waals surface area contributed by atoms with Crippen LogP contribution in [0, 0.1) is 6.92 Å². The van der Waals surface area contributed by atoms with Gasteiger partial charge in [-0.05, 0) is 44.0 Å². The normalized spacial score (nSPS) is 16.0. The van der Waals surface area contributed by atoms with Crippen molar-refractivity contribution in [2.75, 3.05) is 39.8 Å². The zero-order valence-electron chi connectivity index (χ0n) is 18.4. The zero-order valence-corrected chi connectivity index (χ0v) is 18.4. The maximum atomic E-state index is 13.0. The van der Waals surface area contributed by atoms with Crippen LogP contribution in [0.4, 0.5) is 5.69 Å². The Morgan fingerprint density at radius 3 is 2.32 bits per heavy atom. The lowest BCUT2D eigenvalue weighted by Crippen LogP contribution is -2.36. The van der Waals surface area contributed by atoms with E-state index in [2.05, 4.69) is 15.6 Å². The van der Waals surface area contributed by atoms with Gasteiger partial charge in [-0.1, -0.05) is 17.7 Å². The topological polar surface area (TPSA) is 90.4 Å². The van der Waals surface area contributed by atoms with E-state index in [1.54, 1.807) is 12.1 Å². The second-order valence-electron chi connectivity index (χ2n) is 7.18. The molecule has 0 bridgehead atoms. The van der Waals surface area contributed by atoms with Crippen molar-refractivity contribution in [3.8, 4) is 17.2 Å². The first-order valence-electron chi connectivity index (χ1n) is 10.1. The smallest absolute Gasteiger partial charge is 0.258 e. The molecule has 1 amide bonds. The third kappa shape index (κ3) is 5.88. The number of methoxy groups -OCH3 is 3. The average molecular weight is 428 g/mol. The fraction of sp³-hybridized carbons (Fsp3) is 0.391. The van der Waals surface area contributed by atoms with E-state index in [0.29, 0.717) is 35.3 Å². The van der Waals surface area contributed by atoms with Crippen LogP contribution in [-0.4, -0.2) is 52.5 Å². The van der Waals surface area contributed by atoms with E-state index in [1.807, 2.05) is 31.2 Å². The van der Waals surface area contributed by atoms with Gasteiger partial charge >= 0.3 is 0 Å². The van der Waals surface area contributed by atoms with Crippen LogP contribution in [-0.2, 0) is 4.74 Å². The van der Waals surface area contributed by atoms with E-state index in [1.165, 1.54) is 21.3 Å². The number of benzene rings is 2. The molecular formula is C23H29N3O5. The number of hydrogen-bond donors (Lipinski definition) is 2. The standard InChI is InChI=1S/C23H29N3O5/c1-15-7-9-17(10-8-15)25-23(24-14-18-6-5-11-31-18)26-22(27)16-12-19(28-2)21(30-4)20(13-16)29-3/h7-10,12-13,18H,5-6,11,14H2,1-4H3,(H2,24,25,26,27). The number of carbonyl (C=O) groups excluding carboxylic acids is 1. The first kappa shape index (κ1) is 22.4. The van der Waals surface area contributed by atoms with Crippen LogP contribution < -0.4 is 24.8 Å². The summed E-state index contributed by atoms with van der Waals surface area (Å²) in [4.78, 5) is 17.6. The Kier molecular flexibility index (Phi) is 7.72. The summed E-state index contributed by atoms with van der Waals surface area (Å²) in [5.74, 6) is 1.21. The molecule has 0 radical (unpaired) electrons. The Balaban J connectivity index is 1.82. The largest absolute Gasteiger partial charge is 0.493 e. The molecule has 1 saturated heterocycles. The van der Waals surface area contributed by atoms with Gasteiger partial charge < -0.3 is 24.3 Å². The Morgan fingerprint density at radius 1 is 1.10 bits per heavy atom. The van der Waals surface area contributed by atoms with Crippen LogP contribution in [0.3, 0.4) is 0 Å². The number of nitrogens with zero attached hydrogens (tertiary/aromatic N) is 1. The summed E-state index contributed by atoms with van der Waals surface area (Å²) in [6, 6.07) is 11.0. The summed E-state index contributed by atoms with van der Waals surface area (Å²) < 4.78 is 21.7. The number of nitrogens with one attached hydrogen (secondary N) is 2. The lowest BCUT2D eigenvalue weighted by atomic mass is 10.1. The van der Waals surface area contributed by atoms with E-state index in [4.69, 9.17) is 18.9 Å². The van der Waals surface area contributed by atoms with Gasteiger partial charge in [0.15, 0.2) is 11.5 Å². The molecule has 1 aliphatic heterocycles. The lowest BCUT2D eigenvalue weighted by molar-refractivity contribution is 0.0974. The fourth-order valence-electron chi connectivity index (χ4n) is 3.26. The van der Waals surface area contributed by atoms with Gasteiger partial charge in [-0.15, -0.1) is 0 Å². The van der Waals surface area contributed by atoms with Crippen LogP contribution >= 0.6 is 0 Å². The molecule has 1 atom stereocenters. The number of carbonyl (C=O) groups is 1. The highest BCUT2D eigenvalue weighted by Crippen LogP contribution is 2.38. The monoisotopic (exact) mass is 427 g/mol. The SMILES string of the molecule is COc1cc(C(=O)NC(=NCC2CCCO2)Nc2ccc(C)cc2)cc(OC)c1OC. The van der Waals surface area contributed by atoms with Crippen molar-refractivity contribution >= 4 is 17.6 Å². The van der Waals surface area contributed by atoms with Gasteiger partial charge in [0.1, 0.15) is 0 Å². The minimum atomic E-state index is -0.357. The van der Waals surface area contributed by atoms with E-state index < -0.39 is 0 Å². The van der Waals surface area contributed by atoms with Gasteiger partial charge in [0.05, 0.1) is 34.0 Å². The number of amides is 1. The first-order valence-corrected chi connectivity index (χ1v) is 10.1. The molecule has 8 heteroatoms. The molecule has 166 valence electrons. The van der Waals surface area contributed by atoms with Gasteiger partial charge in [0, 0.05) is 17.9 Å². The number of hydrogen-bond acceptors (Lipinski definition) is 6. The average Bonchev–Trinajstić information content (AvgIpc) is 3.31. The van der Waals surface area contributed by atoms with Crippen molar-refractivity contribution in [3.05, 3.63) is 47.5 Å². The molecule has 1 aliphatic rings. The minimum Gasteiger partial charge on any atom is -0.493 e. The molecule has 1 fully saturated rings. The van der Waals surface area contributed by atoms with Crippen molar-refractivity contribution in [1.82, 2.24) is 5.32 Å². The molecule has 2 aromatic rings. The van der Waals surface area contributed by atoms with Crippen LogP contribution in [0.15, 0.2) is 41.4 Å². The maximum absolute atomic E-state index is 13.0. The number of aryl methyl sites for hydroxylation is 1. The summed E-state index contributed by atoms with van der Waals surface area (Å²) in [6.45, 7) is 3.23. The molecule has 1 heterocycles. The van der Waals surface area contributed by atoms with Gasteiger partial charge in [0.25, 0.3) is 5.91 Å². The van der Waals surface area contributed by atoms with Crippen LogP contribution in [0.1, 0.15) is 28.8 Å². The van der Waals surface area contributed by atoms with Crippen LogP contribution in [0.2, 0.25) is 0 Å². The van der Waals surface area contributed by atoms with Gasteiger partial charge in [0.2, 0.25) is 11.7 Å². The number of aliphatic imine (C=N–C) groups is 1. The van der Waals surface area contributed by atoms with Gasteiger partial charge in [-0.2, -0.15) is 0 Å². The maximum Gasteiger partial charge on any atom is 0.258 e. The fourth-order valence-corrected chi connectivity index (χ4v) is 3.26. The highest BCUT2D eigenvalue weighted by Gasteiger charge is 2.19. The summed E-state index contributed by atoms with van der Waals surface area (Å²) in [5, 5.41) is 6.04. The second-order valence-corrected chi connectivity index (χ2v) is 7.18. The molecule has 8 nitrogen and oxygen atoms in total. The second kappa shape index (κ2) is 10.7. The van der Waals surface area contributed by atoms with Crippen molar-refractivity contribution in [2.24, 2.45) is 4.99 Å². The molecule has 0 aromatic heterocycles. The molecule has 0 spiro atoms. The molecular weight excluding hydrogens is 398 g/mol. The molecule has 31 heavy (non-hydrogen) atoms. The van der Waals surface area contributed by atoms with Crippen molar-refractivity contribution in [1.29, 1.82) is 0 Å². The number of anilines is 1. The van der Waals surface area contributed by atoms with E-state index in [9.17, 15) is 4.79 Å². The summed E-state index contributed by atoms with van der Waals surface area (Å²) in [5.41, 5.74) is 2.32. The van der Waals surface area contributed by atoms with Crippen LogP contribution in [0.25, 0.3) is 0 Å². The van der Waals surface area contributed by atoms with E-state index in [-0.39, 0.29) is 12.0 Å². The Bertz CT molecular complexity index is 896. The third-order valence-electron chi connectivity index (χ3n) is 4.95. The van der Waals surface area contributed by atoms with Gasteiger partial charge in [-0.25, -0.2) is 4.99 Å². The number of rotatable bonds is 7. The Hall–Kier alpha value is -3.26. The predicted molar refractivity (Wildman–Crippen MR) is 120 cm³/mol. The number of ether oxygens (including phenoxy) is 4. The highest BCUT2D eigenvalue weighted by atomic mass is 16.5. The van der Waals surface area contributed by atoms with Crippen molar-refractivity contribution < 1.29 is 23.7 Å². The molecule has 0 aliphatic carbocycles. The summed E-state index contributed by atoms with van der Waals surface area (Å²) in [6.07, 6.45) is 2.05. The highest BCUT2D eigenvalue weighted by molar-refractivity contribution is 6.10. The third-order valence-corrected chi connectivity index (χ3v) is 4.95. The quantitative estimate of drug-likeness (QED) is 0.520.